The molecule has 2 nitrogen and oxygen atoms in total. The maximum Gasteiger partial charge on any atom is 0.322 e. The molecule has 84 valence electrons. The molecule has 0 aromatic carbocycles. The molecule has 14 heavy (non-hydrogen) atoms. The van der Waals surface area contributed by atoms with E-state index >= 15 is 0 Å². The van der Waals surface area contributed by atoms with E-state index in [4.69, 9.17) is 4.74 Å². The summed E-state index contributed by atoms with van der Waals surface area (Å²) in [5, 5.41) is 0. The second kappa shape index (κ2) is 5.51. The normalized spacial score (nSPS) is 13.6. The zero-order valence-corrected chi connectivity index (χ0v) is 13.0. The molecule has 0 N–H and O–H groups in total. The summed E-state index contributed by atoms with van der Waals surface area (Å²) in [6.45, 7) is 15.2. The van der Waals surface area contributed by atoms with Gasteiger partial charge in [0.05, 0.1) is 5.60 Å². The van der Waals surface area contributed by atoms with E-state index in [2.05, 4.69) is 45.4 Å². The molecule has 0 fully saturated rings. The summed E-state index contributed by atoms with van der Waals surface area (Å²) in [6, 6.07) is 0. The highest BCUT2D eigenvalue weighted by Gasteiger charge is 2.15. The molecule has 0 heterocycles. The minimum Gasteiger partial charge on any atom is -0.386 e. The van der Waals surface area contributed by atoms with E-state index in [0.29, 0.717) is 5.54 Å². The Kier molecular flexibility index (Phi) is 5.69. The summed E-state index contributed by atoms with van der Waals surface area (Å²) in [5.41, 5.74) is 0.339. The largest absolute Gasteiger partial charge is 0.386 e. The highest BCUT2D eigenvalue weighted by molar-refractivity contribution is 6.04. The molecule has 0 radical (unpaired) electrons. The van der Waals surface area contributed by atoms with Gasteiger partial charge in [0.1, 0.15) is 0 Å². The monoisotopic (exact) mass is 215 g/mol. The molecule has 0 unspecified atom stereocenters. The lowest BCUT2D eigenvalue weighted by Gasteiger charge is -2.33. The van der Waals surface area contributed by atoms with Crippen molar-refractivity contribution in [3.63, 3.8) is 0 Å². The third-order valence-electron chi connectivity index (χ3n) is 2.32. The molecule has 0 saturated carbocycles. The predicted octanol–water partition coefficient (Wildman–Crippen LogP) is 1.84. The first-order valence-corrected chi connectivity index (χ1v) is 6.37. The van der Waals surface area contributed by atoms with E-state index in [1.54, 1.807) is 0 Å². The van der Waals surface area contributed by atoms with Crippen LogP contribution < -0.4 is 0 Å². The lowest BCUT2D eigenvalue weighted by atomic mass is 10.1. The zero-order chi connectivity index (χ0) is 11.4. The molecule has 0 aliphatic heterocycles. The molecule has 0 aliphatic carbocycles. The van der Waals surface area contributed by atoms with Crippen molar-refractivity contribution in [2.24, 2.45) is 0 Å². The Labute approximate surface area is 97.6 Å². The number of rotatable bonds is 4. The number of nitrogens with zero attached hydrogens (tertiary/aromatic N) is 1. The Morgan fingerprint density at radius 3 is 1.93 bits per heavy atom. The third kappa shape index (κ3) is 7.82. The third-order valence-corrected chi connectivity index (χ3v) is 4.11. The quantitative estimate of drug-likeness (QED) is 0.524. The maximum atomic E-state index is 5.68. The average Bonchev–Trinajstić information content (AvgIpc) is 1.93. The van der Waals surface area contributed by atoms with Crippen LogP contribution in [-0.4, -0.2) is 44.7 Å². The van der Waals surface area contributed by atoms with Gasteiger partial charge in [-0.1, -0.05) is 0 Å². The highest BCUT2D eigenvalue weighted by Crippen LogP contribution is 2.11. The van der Waals surface area contributed by atoms with Gasteiger partial charge in [0.2, 0.25) is 0 Å². The molecule has 0 aromatic rings. The van der Waals surface area contributed by atoms with Gasteiger partial charge < -0.3 is 8.62 Å². The SMILES string of the molecule is CC(C)(C)OCCC[N]([AlH2])C(C)(C)C. The van der Waals surface area contributed by atoms with Crippen LogP contribution >= 0.6 is 0 Å². The van der Waals surface area contributed by atoms with Crippen LogP contribution in [0.1, 0.15) is 48.0 Å². The number of ether oxygens (including phenoxy) is 1. The summed E-state index contributed by atoms with van der Waals surface area (Å²) < 4.78 is 8.18. The average molecular weight is 215 g/mol. The van der Waals surface area contributed by atoms with Gasteiger partial charge in [-0.2, -0.15) is 0 Å². The summed E-state index contributed by atoms with van der Waals surface area (Å²) in [7, 11) is 0. The lowest BCUT2D eigenvalue weighted by molar-refractivity contribution is -0.00637. The van der Waals surface area contributed by atoms with Gasteiger partial charge in [-0.3, -0.25) is 0 Å². The van der Waals surface area contributed by atoms with Gasteiger partial charge in [-0.15, -0.1) is 0 Å². The van der Waals surface area contributed by atoms with Crippen LogP contribution in [0.5, 0.6) is 0 Å². The fourth-order valence-electron chi connectivity index (χ4n) is 1.02. The van der Waals surface area contributed by atoms with Crippen molar-refractivity contribution >= 4 is 16.5 Å². The van der Waals surface area contributed by atoms with E-state index in [-0.39, 0.29) is 5.60 Å². The highest BCUT2D eigenvalue weighted by atomic mass is 27.1. The van der Waals surface area contributed by atoms with Crippen molar-refractivity contribution in [3.8, 4) is 0 Å². The Morgan fingerprint density at radius 1 is 1.07 bits per heavy atom. The summed E-state index contributed by atoms with van der Waals surface area (Å²) in [5.74, 6) is 0. The second-order valence-electron chi connectivity index (χ2n) is 5.91. The molecular weight excluding hydrogens is 189 g/mol. The van der Waals surface area contributed by atoms with Crippen molar-refractivity contribution in [2.45, 2.75) is 59.1 Å². The van der Waals surface area contributed by atoms with Crippen molar-refractivity contribution in [3.05, 3.63) is 0 Å². The van der Waals surface area contributed by atoms with Gasteiger partial charge in [0.15, 0.2) is 0 Å². The Morgan fingerprint density at radius 2 is 1.57 bits per heavy atom. The minimum absolute atomic E-state index is 0.0116. The van der Waals surface area contributed by atoms with Gasteiger partial charge in [-0.05, 0) is 60.0 Å². The van der Waals surface area contributed by atoms with E-state index in [1.807, 2.05) is 0 Å². The molecule has 0 saturated heterocycles. The lowest BCUT2D eigenvalue weighted by Crippen LogP contribution is -2.40. The van der Waals surface area contributed by atoms with Crippen LogP contribution in [0.25, 0.3) is 0 Å². The first-order chi connectivity index (χ1) is 6.13. The van der Waals surface area contributed by atoms with Gasteiger partial charge in [-0.25, -0.2) is 0 Å². The summed E-state index contributed by atoms with van der Waals surface area (Å²) in [6.07, 6.45) is 1.14. The van der Waals surface area contributed by atoms with Crippen molar-refractivity contribution < 1.29 is 4.74 Å². The van der Waals surface area contributed by atoms with Crippen molar-refractivity contribution in [1.29, 1.82) is 0 Å². The van der Waals surface area contributed by atoms with Crippen LogP contribution in [0.2, 0.25) is 0 Å². The standard InChI is InChI=1S/C11H24NO.Al.2H/c1-10(2,3)12-8-7-9-13-11(4,5)6;;;/h7-9H2,1-6H3;;;/q-1;+1;;. The molecule has 0 bridgehead atoms. The molecule has 3 heteroatoms. The maximum absolute atomic E-state index is 5.68. The predicted molar refractivity (Wildman–Crippen MR) is 65.3 cm³/mol. The Bertz CT molecular complexity index is 158. The van der Waals surface area contributed by atoms with Crippen LogP contribution in [0.4, 0.5) is 0 Å². The molecular formula is C11H26AlNO. The summed E-state index contributed by atoms with van der Waals surface area (Å²) >= 11 is 1.13. The fourth-order valence-corrected chi connectivity index (χ4v) is 1.33. The second-order valence-corrected chi connectivity index (χ2v) is 6.99. The first-order valence-electron chi connectivity index (χ1n) is 5.48. The van der Waals surface area contributed by atoms with E-state index < -0.39 is 0 Å². The van der Waals surface area contributed by atoms with Gasteiger partial charge >= 0.3 is 16.5 Å². The molecule has 0 amide bonds. The molecule has 0 spiro atoms. The van der Waals surface area contributed by atoms with Crippen LogP contribution in [0.15, 0.2) is 0 Å². The zero-order valence-electron chi connectivity index (χ0n) is 11.0. The molecule has 0 aliphatic rings. The topological polar surface area (TPSA) is 12.5 Å². The van der Waals surface area contributed by atoms with Gasteiger partial charge in [0, 0.05) is 6.61 Å². The van der Waals surface area contributed by atoms with Crippen LogP contribution in [0.3, 0.4) is 0 Å². The van der Waals surface area contributed by atoms with Crippen molar-refractivity contribution in [1.82, 2.24) is 3.88 Å². The molecule has 0 aromatic heterocycles. The fraction of sp³-hybridized carbons (Fsp3) is 1.00. The minimum atomic E-state index is 0.0116. The number of hydrogen-bond acceptors (Lipinski definition) is 2. The van der Waals surface area contributed by atoms with Gasteiger partial charge in [0.25, 0.3) is 0 Å². The van der Waals surface area contributed by atoms with Crippen LogP contribution in [-0.2, 0) is 4.74 Å². The summed E-state index contributed by atoms with van der Waals surface area (Å²) in [4.78, 5) is 0. The first kappa shape index (κ1) is 14.5. The smallest absolute Gasteiger partial charge is 0.322 e. The van der Waals surface area contributed by atoms with E-state index in [1.165, 1.54) is 0 Å². The Balaban J connectivity index is 3.56. The van der Waals surface area contributed by atoms with Crippen LogP contribution in [0, 0.1) is 0 Å². The molecule has 0 atom stereocenters. The van der Waals surface area contributed by atoms with Crippen molar-refractivity contribution in [2.75, 3.05) is 13.2 Å². The van der Waals surface area contributed by atoms with E-state index in [0.717, 1.165) is 36.1 Å². The Hall–Kier alpha value is 0.452. The molecule has 0 rings (SSSR count). The number of hydrogen-bond donors (Lipinski definition) is 0. The van der Waals surface area contributed by atoms with E-state index in [9.17, 15) is 0 Å².